The summed E-state index contributed by atoms with van der Waals surface area (Å²) in [5.74, 6) is 0. The largest absolute Gasteiger partial charge is 0.326 e. The topological polar surface area (TPSA) is 26.0 Å². The van der Waals surface area contributed by atoms with Gasteiger partial charge in [-0.1, -0.05) is 19.9 Å². The maximum Gasteiger partial charge on any atom is 0.00971 e. The lowest BCUT2D eigenvalue weighted by molar-refractivity contribution is 0.461. The summed E-state index contributed by atoms with van der Waals surface area (Å²) in [5.41, 5.74) is 5.74. The Balaban J connectivity index is 0. The Labute approximate surface area is 71.7 Å². The molecule has 0 fully saturated rings. The molecular weight excluding hydrogens is 134 g/mol. The van der Waals surface area contributed by atoms with Crippen molar-refractivity contribution >= 4 is 0 Å². The number of unbranched alkanes of at least 4 members (excludes halogenated alkanes) is 1. The van der Waals surface area contributed by atoms with E-state index in [0.29, 0.717) is 0 Å². The Bertz CT molecular complexity index is 79.4. The summed E-state index contributed by atoms with van der Waals surface area (Å²) in [6.07, 6.45) is 5.26. The van der Waals surface area contributed by atoms with E-state index in [1.54, 1.807) is 0 Å². The van der Waals surface area contributed by atoms with Crippen molar-refractivity contribution in [1.29, 1.82) is 0 Å². The number of hydrogen-bond donors (Lipinski definition) is 1. The molecule has 0 aromatic heterocycles. The van der Waals surface area contributed by atoms with E-state index >= 15 is 0 Å². The zero-order valence-electron chi connectivity index (χ0n) is 8.48. The molecule has 0 saturated carbocycles. The molecule has 68 valence electrons. The highest BCUT2D eigenvalue weighted by atomic mass is 14.7. The number of hydrogen-bond acceptors (Lipinski definition) is 1. The average molecular weight is 157 g/mol. The predicted octanol–water partition coefficient (Wildman–Crippen LogP) is 3.11. The van der Waals surface area contributed by atoms with Gasteiger partial charge >= 0.3 is 0 Å². The second kappa shape index (κ2) is 7.80. The van der Waals surface area contributed by atoms with E-state index in [9.17, 15) is 0 Å². The summed E-state index contributed by atoms with van der Waals surface area (Å²) in [4.78, 5) is 0. The van der Waals surface area contributed by atoms with Gasteiger partial charge in [-0.05, 0) is 33.1 Å². The van der Waals surface area contributed by atoms with Crippen LogP contribution in [0.4, 0.5) is 0 Å². The number of nitrogens with two attached hydrogens (primary N) is 1. The van der Waals surface area contributed by atoms with E-state index in [-0.39, 0.29) is 5.54 Å². The van der Waals surface area contributed by atoms with Crippen LogP contribution in [0, 0.1) is 0 Å². The molecule has 0 atom stereocenters. The summed E-state index contributed by atoms with van der Waals surface area (Å²) >= 11 is 0. The van der Waals surface area contributed by atoms with Gasteiger partial charge in [-0.25, -0.2) is 0 Å². The SMILES string of the molecule is C=CCCCC(C)(C)N.CC. The highest BCUT2D eigenvalue weighted by Crippen LogP contribution is 2.08. The van der Waals surface area contributed by atoms with Crippen molar-refractivity contribution in [2.24, 2.45) is 5.73 Å². The van der Waals surface area contributed by atoms with Gasteiger partial charge in [0.2, 0.25) is 0 Å². The summed E-state index contributed by atoms with van der Waals surface area (Å²) < 4.78 is 0. The second-order valence-corrected chi connectivity index (χ2v) is 3.17. The van der Waals surface area contributed by atoms with Crippen molar-refractivity contribution in [3.05, 3.63) is 12.7 Å². The smallest absolute Gasteiger partial charge is 0.00971 e. The molecule has 0 aliphatic rings. The van der Waals surface area contributed by atoms with Crippen LogP contribution in [0.15, 0.2) is 12.7 Å². The maximum absolute atomic E-state index is 5.74. The van der Waals surface area contributed by atoms with E-state index in [0.717, 1.165) is 19.3 Å². The van der Waals surface area contributed by atoms with E-state index < -0.39 is 0 Å². The second-order valence-electron chi connectivity index (χ2n) is 3.17. The fourth-order valence-electron chi connectivity index (χ4n) is 0.702. The highest BCUT2D eigenvalue weighted by molar-refractivity contribution is 4.74. The minimum Gasteiger partial charge on any atom is -0.326 e. The molecule has 0 heterocycles. The lowest BCUT2D eigenvalue weighted by Gasteiger charge is -2.16. The van der Waals surface area contributed by atoms with Gasteiger partial charge in [0.05, 0.1) is 0 Å². The van der Waals surface area contributed by atoms with Crippen molar-refractivity contribution in [2.75, 3.05) is 0 Å². The van der Waals surface area contributed by atoms with Crippen LogP contribution in [-0.4, -0.2) is 5.54 Å². The van der Waals surface area contributed by atoms with Gasteiger partial charge < -0.3 is 5.73 Å². The van der Waals surface area contributed by atoms with Crippen LogP contribution in [-0.2, 0) is 0 Å². The Morgan fingerprint density at radius 2 is 1.82 bits per heavy atom. The molecule has 0 aromatic rings. The highest BCUT2D eigenvalue weighted by Gasteiger charge is 2.07. The predicted molar refractivity (Wildman–Crippen MR) is 53.7 cm³/mol. The quantitative estimate of drug-likeness (QED) is 0.492. The van der Waals surface area contributed by atoms with Gasteiger partial charge in [0.1, 0.15) is 0 Å². The summed E-state index contributed by atoms with van der Waals surface area (Å²) in [6, 6.07) is 0. The molecule has 0 saturated heterocycles. The standard InChI is InChI=1S/C8H17N.C2H6/c1-4-5-6-7-8(2,3)9;1-2/h4H,1,5-7,9H2,2-3H3;1-2H3. The minimum atomic E-state index is 0.00299. The van der Waals surface area contributed by atoms with Gasteiger partial charge in [0, 0.05) is 5.54 Å². The molecule has 0 unspecified atom stereocenters. The lowest BCUT2D eigenvalue weighted by Crippen LogP contribution is -2.31. The Kier molecular flexibility index (Phi) is 9.44. The van der Waals surface area contributed by atoms with Crippen molar-refractivity contribution in [1.82, 2.24) is 0 Å². The molecular formula is C10H23N. The van der Waals surface area contributed by atoms with E-state index in [4.69, 9.17) is 5.73 Å². The van der Waals surface area contributed by atoms with Crippen LogP contribution in [0.2, 0.25) is 0 Å². The molecule has 0 rings (SSSR count). The average Bonchev–Trinajstić information content (AvgIpc) is 1.90. The van der Waals surface area contributed by atoms with Gasteiger partial charge in [0.15, 0.2) is 0 Å². The Morgan fingerprint density at radius 3 is 2.09 bits per heavy atom. The Morgan fingerprint density at radius 1 is 1.36 bits per heavy atom. The Hall–Kier alpha value is -0.300. The monoisotopic (exact) mass is 157 g/mol. The first-order valence-electron chi connectivity index (χ1n) is 4.46. The molecule has 11 heavy (non-hydrogen) atoms. The molecule has 0 aromatic carbocycles. The lowest BCUT2D eigenvalue weighted by atomic mass is 9.99. The molecule has 0 radical (unpaired) electrons. The van der Waals surface area contributed by atoms with E-state index in [1.165, 1.54) is 0 Å². The fraction of sp³-hybridized carbons (Fsp3) is 0.800. The first kappa shape index (κ1) is 13.3. The van der Waals surface area contributed by atoms with Crippen LogP contribution >= 0.6 is 0 Å². The molecule has 0 bridgehead atoms. The third kappa shape index (κ3) is 17.7. The summed E-state index contributed by atoms with van der Waals surface area (Å²) in [5, 5.41) is 0. The van der Waals surface area contributed by atoms with Crippen LogP contribution in [0.1, 0.15) is 47.0 Å². The molecule has 0 amide bonds. The van der Waals surface area contributed by atoms with Gasteiger partial charge in [-0.15, -0.1) is 6.58 Å². The fourth-order valence-corrected chi connectivity index (χ4v) is 0.702. The maximum atomic E-state index is 5.74. The zero-order valence-corrected chi connectivity index (χ0v) is 8.48. The van der Waals surface area contributed by atoms with Crippen LogP contribution in [0.3, 0.4) is 0 Å². The number of rotatable bonds is 4. The molecule has 0 aliphatic carbocycles. The third-order valence-electron chi connectivity index (χ3n) is 1.23. The number of allylic oxidation sites excluding steroid dienone is 1. The van der Waals surface area contributed by atoms with Crippen molar-refractivity contribution in [3.63, 3.8) is 0 Å². The van der Waals surface area contributed by atoms with Crippen molar-refractivity contribution < 1.29 is 0 Å². The molecule has 0 spiro atoms. The molecule has 1 heteroatoms. The van der Waals surface area contributed by atoms with Crippen molar-refractivity contribution in [2.45, 2.75) is 52.5 Å². The first-order valence-corrected chi connectivity index (χ1v) is 4.46. The first-order chi connectivity index (χ1) is 5.06. The zero-order chi connectivity index (χ0) is 9.33. The van der Waals surface area contributed by atoms with Gasteiger partial charge in [-0.3, -0.25) is 0 Å². The van der Waals surface area contributed by atoms with E-state index in [2.05, 4.69) is 20.4 Å². The van der Waals surface area contributed by atoms with Crippen LogP contribution in [0.25, 0.3) is 0 Å². The van der Waals surface area contributed by atoms with Gasteiger partial charge in [0.25, 0.3) is 0 Å². The molecule has 2 N–H and O–H groups in total. The third-order valence-corrected chi connectivity index (χ3v) is 1.23. The molecule has 1 nitrogen and oxygen atoms in total. The van der Waals surface area contributed by atoms with Gasteiger partial charge in [-0.2, -0.15) is 0 Å². The normalized spacial score (nSPS) is 9.91. The van der Waals surface area contributed by atoms with E-state index in [1.807, 2.05) is 19.9 Å². The van der Waals surface area contributed by atoms with Crippen molar-refractivity contribution in [3.8, 4) is 0 Å². The summed E-state index contributed by atoms with van der Waals surface area (Å²) in [6.45, 7) is 11.7. The minimum absolute atomic E-state index is 0.00299. The van der Waals surface area contributed by atoms with Crippen LogP contribution in [0.5, 0.6) is 0 Å². The molecule has 0 aliphatic heterocycles. The summed E-state index contributed by atoms with van der Waals surface area (Å²) in [7, 11) is 0. The van der Waals surface area contributed by atoms with Crippen LogP contribution < -0.4 is 5.73 Å².